The number of sulfonamides is 1. The summed E-state index contributed by atoms with van der Waals surface area (Å²) in [5.41, 5.74) is 1.45. The van der Waals surface area contributed by atoms with Crippen LogP contribution in [0.5, 0.6) is 0 Å². The molecule has 30 heavy (non-hydrogen) atoms. The van der Waals surface area contributed by atoms with Crippen molar-refractivity contribution in [2.45, 2.75) is 43.5 Å². The van der Waals surface area contributed by atoms with Gasteiger partial charge in [-0.15, -0.1) is 0 Å². The van der Waals surface area contributed by atoms with Crippen LogP contribution in [0.25, 0.3) is 10.9 Å². The highest BCUT2D eigenvalue weighted by Crippen LogP contribution is 2.27. The molecule has 2 heterocycles. The van der Waals surface area contributed by atoms with Gasteiger partial charge < -0.3 is 0 Å². The van der Waals surface area contributed by atoms with Crippen LogP contribution in [0.3, 0.4) is 0 Å². The number of halogens is 1. The molecule has 1 aliphatic heterocycles. The maximum atomic E-state index is 13.0. The molecular weight excluding hydrogens is 422 g/mol. The highest BCUT2D eigenvalue weighted by molar-refractivity contribution is 7.89. The molecule has 1 saturated heterocycles. The summed E-state index contributed by atoms with van der Waals surface area (Å²) in [7, 11) is -3.55. The van der Waals surface area contributed by atoms with Gasteiger partial charge in [0, 0.05) is 19.1 Å². The molecule has 0 unspecified atom stereocenters. The van der Waals surface area contributed by atoms with E-state index in [1.54, 1.807) is 34.9 Å². The highest BCUT2D eigenvalue weighted by atomic mass is 35.5. The van der Waals surface area contributed by atoms with Crippen LogP contribution in [0.2, 0.25) is 5.02 Å². The molecule has 158 valence electrons. The van der Waals surface area contributed by atoms with E-state index >= 15 is 0 Å². The van der Waals surface area contributed by atoms with Gasteiger partial charge in [-0.1, -0.05) is 43.6 Å². The molecule has 0 aliphatic carbocycles. The Morgan fingerprint density at radius 1 is 1.07 bits per heavy atom. The van der Waals surface area contributed by atoms with Crippen molar-refractivity contribution in [1.82, 2.24) is 13.9 Å². The third-order valence-electron chi connectivity index (χ3n) is 5.76. The maximum absolute atomic E-state index is 13.0. The molecule has 1 aliphatic rings. The summed E-state index contributed by atoms with van der Waals surface area (Å²) in [4.78, 5) is 17.6. The molecule has 2 aromatic carbocycles. The Morgan fingerprint density at radius 2 is 1.73 bits per heavy atom. The number of piperidine rings is 1. The fourth-order valence-electron chi connectivity index (χ4n) is 3.93. The minimum Gasteiger partial charge on any atom is -0.296 e. The maximum Gasteiger partial charge on any atom is 0.261 e. The van der Waals surface area contributed by atoms with Crippen LogP contribution in [0.1, 0.15) is 44.2 Å². The summed E-state index contributed by atoms with van der Waals surface area (Å²) in [6.07, 6.45) is 2.63. The fourth-order valence-corrected chi connectivity index (χ4v) is 5.62. The lowest BCUT2D eigenvalue weighted by Crippen LogP contribution is -2.40. The quantitative estimate of drug-likeness (QED) is 0.603. The van der Waals surface area contributed by atoms with Gasteiger partial charge in [-0.05, 0) is 48.6 Å². The summed E-state index contributed by atoms with van der Waals surface area (Å²) in [5.74, 6) is 0.348. The van der Waals surface area contributed by atoms with Gasteiger partial charge in [0.05, 0.1) is 27.1 Å². The van der Waals surface area contributed by atoms with E-state index in [9.17, 15) is 13.2 Å². The summed E-state index contributed by atoms with van der Waals surface area (Å²) in [6.45, 7) is 4.87. The van der Waals surface area contributed by atoms with Gasteiger partial charge in [0.25, 0.3) is 5.56 Å². The van der Waals surface area contributed by atoms with Crippen molar-refractivity contribution in [3.63, 3.8) is 0 Å². The number of aromatic nitrogens is 2. The molecule has 0 saturated carbocycles. The van der Waals surface area contributed by atoms with E-state index in [1.165, 1.54) is 10.6 Å². The molecule has 1 aromatic heterocycles. The van der Waals surface area contributed by atoms with Gasteiger partial charge in [-0.25, -0.2) is 13.4 Å². The summed E-state index contributed by atoms with van der Waals surface area (Å²) >= 11 is 6.14. The van der Waals surface area contributed by atoms with E-state index in [0.29, 0.717) is 52.7 Å². The predicted octanol–water partition coefficient (Wildman–Crippen LogP) is 4.20. The monoisotopic (exact) mass is 445 g/mol. The third-order valence-corrected chi connectivity index (χ3v) is 7.98. The lowest BCUT2D eigenvalue weighted by molar-refractivity contribution is 0.269. The van der Waals surface area contributed by atoms with Crippen molar-refractivity contribution in [2.24, 2.45) is 0 Å². The van der Waals surface area contributed by atoms with Gasteiger partial charge >= 0.3 is 0 Å². The van der Waals surface area contributed by atoms with E-state index in [1.807, 2.05) is 12.1 Å². The number of fused-ring (bicyclic) bond motifs is 1. The second-order valence-electron chi connectivity index (χ2n) is 7.95. The fraction of sp³-hybridized carbons (Fsp3) is 0.364. The molecule has 1 fully saturated rings. The lowest BCUT2D eigenvalue weighted by atomic mass is 10.0. The molecular formula is C22H24ClN3O3S. The van der Waals surface area contributed by atoms with Gasteiger partial charge in [0.1, 0.15) is 0 Å². The van der Waals surface area contributed by atoms with E-state index in [-0.39, 0.29) is 11.6 Å². The van der Waals surface area contributed by atoms with Gasteiger partial charge in [-0.2, -0.15) is 4.31 Å². The number of rotatable bonds is 4. The molecule has 0 amide bonds. The van der Waals surface area contributed by atoms with E-state index < -0.39 is 10.0 Å². The topological polar surface area (TPSA) is 72.3 Å². The smallest absolute Gasteiger partial charge is 0.261 e. The number of para-hydroxylation sites is 1. The average molecular weight is 446 g/mol. The first-order valence-electron chi connectivity index (χ1n) is 10.0. The lowest BCUT2D eigenvalue weighted by Gasteiger charge is -2.32. The van der Waals surface area contributed by atoms with E-state index in [2.05, 4.69) is 18.8 Å². The Balaban J connectivity index is 1.53. The number of benzene rings is 2. The van der Waals surface area contributed by atoms with Crippen molar-refractivity contribution < 1.29 is 8.42 Å². The minimum atomic E-state index is -3.55. The zero-order chi connectivity index (χ0) is 21.5. The number of hydrogen-bond acceptors (Lipinski definition) is 4. The molecule has 4 rings (SSSR count). The first-order valence-corrected chi connectivity index (χ1v) is 11.9. The van der Waals surface area contributed by atoms with Crippen molar-refractivity contribution in [1.29, 1.82) is 0 Å². The van der Waals surface area contributed by atoms with Crippen molar-refractivity contribution in [3.8, 4) is 0 Å². The standard InChI is InChI=1S/C22H24ClN3O3S/c1-15(2)16-6-8-18(9-7-16)30(28,29)25-12-10-17(11-13-25)26-14-24-21-19(22(26)27)4-3-5-20(21)23/h3-9,14-15,17H,10-13H2,1-2H3. The van der Waals surface area contributed by atoms with Crippen LogP contribution >= 0.6 is 11.6 Å². The largest absolute Gasteiger partial charge is 0.296 e. The second-order valence-corrected chi connectivity index (χ2v) is 10.3. The SMILES string of the molecule is CC(C)c1ccc(S(=O)(=O)N2CCC(n3cnc4c(Cl)cccc4c3=O)CC2)cc1. The van der Waals surface area contributed by atoms with Crippen molar-refractivity contribution in [3.05, 3.63) is 69.7 Å². The van der Waals surface area contributed by atoms with Crippen LogP contribution in [-0.2, 0) is 10.0 Å². The van der Waals surface area contributed by atoms with E-state index in [4.69, 9.17) is 11.6 Å². The van der Waals surface area contributed by atoms with Crippen molar-refractivity contribution >= 4 is 32.5 Å². The molecule has 0 spiro atoms. The molecule has 0 atom stereocenters. The first kappa shape index (κ1) is 21.0. The third kappa shape index (κ3) is 3.77. The van der Waals surface area contributed by atoms with Crippen molar-refractivity contribution in [2.75, 3.05) is 13.1 Å². The zero-order valence-corrected chi connectivity index (χ0v) is 18.5. The molecule has 0 radical (unpaired) electrons. The summed E-state index contributed by atoms with van der Waals surface area (Å²) in [5, 5.41) is 0.923. The second kappa shape index (κ2) is 8.13. The molecule has 3 aromatic rings. The zero-order valence-electron chi connectivity index (χ0n) is 17.0. The Morgan fingerprint density at radius 3 is 2.37 bits per heavy atom. The van der Waals surface area contributed by atoms with Gasteiger partial charge in [-0.3, -0.25) is 9.36 Å². The van der Waals surface area contributed by atoms with Crippen LogP contribution in [-0.4, -0.2) is 35.4 Å². The molecule has 6 nitrogen and oxygen atoms in total. The highest BCUT2D eigenvalue weighted by Gasteiger charge is 2.30. The molecule has 8 heteroatoms. The van der Waals surface area contributed by atoms with Crippen LogP contribution < -0.4 is 5.56 Å². The van der Waals surface area contributed by atoms with Crippen LogP contribution in [0.15, 0.2) is 58.5 Å². The summed E-state index contributed by atoms with van der Waals surface area (Å²) in [6, 6.07) is 12.2. The van der Waals surface area contributed by atoms with Crippen LogP contribution in [0.4, 0.5) is 0 Å². The van der Waals surface area contributed by atoms with Gasteiger partial charge in [0.15, 0.2) is 0 Å². The van der Waals surface area contributed by atoms with Gasteiger partial charge in [0.2, 0.25) is 10.0 Å². The normalized spacial score (nSPS) is 16.4. The Labute approximate surface area is 181 Å². The average Bonchev–Trinajstić information content (AvgIpc) is 2.75. The number of nitrogens with zero attached hydrogens (tertiary/aromatic N) is 3. The van der Waals surface area contributed by atoms with E-state index in [0.717, 1.165) is 5.56 Å². The Kier molecular flexibility index (Phi) is 5.70. The van der Waals surface area contributed by atoms with Crippen LogP contribution in [0, 0.1) is 0 Å². The Hall–Kier alpha value is -2.22. The predicted molar refractivity (Wildman–Crippen MR) is 119 cm³/mol. The first-order chi connectivity index (χ1) is 14.3. The Bertz CT molecular complexity index is 1230. The summed E-state index contributed by atoms with van der Waals surface area (Å²) < 4.78 is 29.2. The molecule has 0 N–H and O–H groups in total. The number of hydrogen-bond donors (Lipinski definition) is 0. The minimum absolute atomic E-state index is 0.0943. The molecule has 0 bridgehead atoms.